The third kappa shape index (κ3) is 4.04. The molecule has 0 bridgehead atoms. The second kappa shape index (κ2) is 6.58. The summed E-state index contributed by atoms with van der Waals surface area (Å²) < 4.78 is 6.29. The molecule has 2 rings (SSSR count). The molecule has 0 radical (unpaired) electrons. The minimum Gasteiger partial charge on any atom is -0.479 e. The molecule has 21 heavy (non-hydrogen) atoms. The van der Waals surface area contributed by atoms with Gasteiger partial charge in [0, 0.05) is 11.0 Å². The standard InChI is InChI=1S/C15H18BrNO4/c1-9-5-12(16)4-3-11(9)6-14(18)17-7-10(2)21-13(8-17)15(19)20/h3-5,10,13H,6-8H2,1-2H3,(H,19,20)/t10-,13?/m1/s1. The van der Waals surface area contributed by atoms with Crippen LogP contribution < -0.4 is 0 Å². The van der Waals surface area contributed by atoms with Crippen LogP contribution in [0.5, 0.6) is 0 Å². The van der Waals surface area contributed by atoms with Gasteiger partial charge in [0.2, 0.25) is 5.91 Å². The Morgan fingerprint density at radius 3 is 2.76 bits per heavy atom. The predicted octanol–water partition coefficient (Wildman–Crippen LogP) is 2.00. The second-order valence-corrected chi connectivity index (χ2v) is 6.24. The minimum absolute atomic E-state index is 0.0678. The van der Waals surface area contributed by atoms with Crippen molar-refractivity contribution in [2.24, 2.45) is 0 Å². The fourth-order valence-corrected chi connectivity index (χ4v) is 2.90. The van der Waals surface area contributed by atoms with Crippen LogP contribution in [0.15, 0.2) is 22.7 Å². The van der Waals surface area contributed by atoms with E-state index in [4.69, 9.17) is 9.84 Å². The highest BCUT2D eigenvalue weighted by Crippen LogP contribution is 2.18. The molecule has 6 heteroatoms. The summed E-state index contributed by atoms with van der Waals surface area (Å²) in [5, 5.41) is 9.05. The number of carbonyl (C=O) groups is 2. The average molecular weight is 356 g/mol. The van der Waals surface area contributed by atoms with E-state index in [-0.39, 0.29) is 25.0 Å². The van der Waals surface area contributed by atoms with Crippen LogP contribution in [0.25, 0.3) is 0 Å². The number of aliphatic carboxylic acids is 1. The van der Waals surface area contributed by atoms with E-state index in [1.807, 2.05) is 25.1 Å². The first-order valence-electron chi connectivity index (χ1n) is 6.78. The zero-order chi connectivity index (χ0) is 15.6. The molecule has 1 aromatic rings. The van der Waals surface area contributed by atoms with Gasteiger partial charge in [-0.05, 0) is 37.1 Å². The molecule has 0 aromatic heterocycles. The van der Waals surface area contributed by atoms with Gasteiger partial charge in [0.1, 0.15) is 0 Å². The number of ether oxygens (including phenoxy) is 1. The monoisotopic (exact) mass is 355 g/mol. The summed E-state index contributed by atoms with van der Waals surface area (Å²) in [5.41, 5.74) is 1.99. The van der Waals surface area contributed by atoms with Crippen LogP contribution in [0, 0.1) is 6.92 Å². The smallest absolute Gasteiger partial charge is 0.334 e. The molecule has 1 aliphatic heterocycles. The van der Waals surface area contributed by atoms with Crippen molar-refractivity contribution in [3.63, 3.8) is 0 Å². The van der Waals surface area contributed by atoms with Crippen molar-refractivity contribution in [3.05, 3.63) is 33.8 Å². The fourth-order valence-electron chi connectivity index (χ4n) is 2.42. The van der Waals surface area contributed by atoms with E-state index in [1.54, 1.807) is 11.8 Å². The van der Waals surface area contributed by atoms with Crippen molar-refractivity contribution in [2.75, 3.05) is 13.1 Å². The number of morpholine rings is 1. The number of aryl methyl sites for hydroxylation is 1. The van der Waals surface area contributed by atoms with E-state index >= 15 is 0 Å². The van der Waals surface area contributed by atoms with Crippen LogP contribution in [0.3, 0.4) is 0 Å². The fraction of sp³-hybridized carbons (Fsp3) is 0.467. The Kier molecular flexibility index (Phi) is 5.00. The van der Waals surface area contributed by atoms with Crippen molar-refractivity contribution < 1.29 is 19.4 Å². The van der Waals surface area contributed by atoms with Gasteiger partial charge < -0.3 is 14.7 Å². The third-order valence-electron chi connectivity index (χ3n) is 3.53. The summed E-state index contributed by atoms with van der Waals surface area (Å²) in [5.74, 6) is -1.10. The maximum Gasteiger partial charge on any atom is 0.334 e. The zero-order valence-corrected chi connectivity index (χ0v) is 13.6. The predicted molar refractivity (Wildman–Crippen MR) is 81.1 cm³/mol. The number of hydrogen-bond acceptors (Lipinski definition) is 3. The molecule has 1 fully saturated rings. The first-order valence-corrected chi connectivity index (χ1v) is 7.57. The van der Waals surface area contributed by atoms with Gasteiger partial charge in [-0.3, -0.25) is 4.79 Å². The van der Waals surface area contributed by atoms with Crippen molar-refractivity contribution in [2.45, 2.75) is 32.5 Å². The summed E-state index contributed by atoms with van der Waals surface area (Å²) in [6.45, 7) is 4.27. The van der Waals surface area contributed by atoms with Crippen LogP contribution in [0.1, 0.15) is 18.1 Å². The van der Waals surface area contributed by atoms with E-state index < -0.39 is 12.1 Å². The van der Waals surface area contributed by atoms with E-state index in [0.717, 1.165) is 15.6 Å². The maximum absolute atomic E-state index is 12.4. The van der Waals surface area contributed by atoms with Gasteiger partial charge in [-0.15, -0.1) is 0 Å². The van der Waals surface area contributed by atoms with Gasteiger partial charge in [0.15, 0.2) is 6.10 Å². The summed E-state index contributed by atoms with van der Waals surface area (Å²) in [6.07, 6.45) is -0.934. The highest BCUT2D eigenvalue weighted by atomic mass is 79.9. The third-order valence-corrected chi connectivity index (χ3v) is 4.03. The number of rotatable bonds is 3. The number of hydrogen-bond donors (Lipinski definition) is 1. The topological polar surface area (TPSA) is 66.8 Å². The van der Waals surface area contributed by atoms with E-state index in [0.29, 0.717) is 6.54 Å². The van der Waals surface area contributed by atoms with Gasteiger partial charge in [0.05, 0.1) is 19.1 Å². The molecular formula is C15H18BrNO4. The first-order chi connectivity index (χ1) is 9.86. The Morgan fingerprint density at radius 1 is 1.43 bits per heavy atom. The number of carboxylic acid groups (broad SMARTS) is 1. The summed E-state index contributed by atoms with van der Waals surface area (Å²) >= 11 is 3.39. The van der Waals surface area contributed by atoms with Crippen molar-refractivity contribution >= 4 is 27.8 Å². The molecule has 1 heterocycles. The molecule has 1 aromatic carbocycles. The van der Waals surface area contributed by atoms with Gasteiger partial charge in [0.25, 0.3) is 0 Å². The van der Waals surface area contributed by atoms with Crippen molar-refractivity contribution in [1.82, 2.24) is 4.90 Å². The Balaban J connectivity index is 2.07. The van der Waals surface area contributed by atoms with Crippen molar-refractivity contribution in [3.8, 4) is 0 Å². The second-order valence-electron chi connectivity index (χ2n) is 5.32. The minimum atomic E-state index is -1.03. The summed E-state index contributed by atoms with van der Waals surface area (Å²) in [7, 11) is 0. The highest BCUT2D eigenvalue weighted by molar-refractivity contribution is 9.10. The van der Waals surface area contributed by atoms with Crippen LogP contribution in [-0.4, -0.2) is 47.2 Å². The van der Waals surface area contributed by atoms with E-state index in [9.17, 15) is 9.59 Å². The number of amides is 1. The molecule has 0 saturated carbocycles. The SMILES string of the molecule is Cc1cc(Br)ccc1CC(=O)N1CC(C(=O)O)O[C@H](C)C1. The molecule has 5 nitrogen and oxygen atoms in total. The Labute approximate surface area is 132 Å². The van der Waals surface area contributed by atoms with Crippen LogP contribution in [-0.2, 0) is 20.7 Å². The molecule has 1 amide bonds. The molecule has 1 aliphatic rings. The van der Waals surface area contributed by atoms with Crippen LogP contribution in [0.4, 0.5) is 0 Å². The van der Waals surface area contributed by atoms with E-state index in [1.165, 1.54) is 0 Å². The van der Waals surface area contributed by atoms with Crippen LogP contribution in [0.2, 0.25) is 0 Å². The molecule has 0 aliphatic carbocycles. The lowest BCUT2D eigenvalue weighted by atomic mass is 10.0. The number of nitrogens with zero attached hydrogens (tertiary/aromatic N) is 1. The number of carboxylic acids is 1. The lowest BCUT2D eigenvalue weighted by molar-refractivity contribution is -0.166. The number of benzene rings is 1. The largest absolute Gasteiger partial charge is 0.479 e. The molecule has 114 valence electrons. The number of carbonyl (C=O) groups excluding carboxylic acids is 1. The summed E-state index contributed by atoms with van der Waals surface area (Å²) in [4.78, 5) is 25.0. The highest BCUT2D eigenvalue weighted by Gasteiger charge is 2.32. The lowest BCUT2D eigenvalue weighted by Crippen LogP contribution is -2.52. The molecular weight excluding hydrogens is 338 g/mol. The zero-order valence-electron chi connectivity index (χ0n) is 12.0. The average Bonchev–Trinajstić information content (AvgIpc) is 2.41. The Morgan fingerprint density at radius 2 is 2.14 bits per heavy atom. The molecule has 1 unspecified atom stereocenters. The quantitative estimate of drug-likeness (QED) is 0.900. The van der Waals surface area contributed by atoms with Gasteiger partial charge in [-0.25, -0.2) is 4.79 Å². The Bertz CT molecular complexity index is 561. The molecule has 1 N–H and O–H groups in total. The van der Waals surface area contributed by atoms with Crippen molar-refractivity contribution in [1.29, 1.82) is 0 Å². The normalized spacial score (nSPS) is 22.1. The molecule has 1 saturated heterocycles. The lowest BCUT2D eigenvalue weighted by Gasteiger charge is -2.35. The van der Waals surface area contributed by atoms with Gasteiger partial charge in [-0.2, -0.15) is 0 Å². The molecule has 2 atom stereocenters. The van der Waals surface area contributed by atoms with Crippen LogP contribution >= 0.6 is 15.9 Å². The first kappa shape index (κ1) is 16.0. The maximum atomic E-state index is 12.4. The van der Waals surface area contributed by atoms with E-state index in [2.05, 4.69) is 15.9 Å². The Hall–Kier alpha value is -1.40. The molecule has 0 spiro atoms. The summed E-state index contributed by atoms with van der Waals surface area (Å²) in [6, 6.07) is 5.78. The number of halogens is 1. The van der Waals surface area contributed by atoms with Gasteiger partial charge in [-0.1, -0.05) is 22.0 Å². The van der Waals surface area contributed by atoms with Gasteiger partial charge >= 0.3 is 5.97 Å².